The van der Waals surface area contributed by atoms with E-state index in [-0.39, 0.29) is 11.5 Å². The first-order chi connectivity index (χ1) is 7.42. The molecule has 92 valence electrons. The second-order valence-electron chi connectivity index (χ2n) is 2.38. The van der Waals surface area contributed by atoms with Gasteiger partial charge in [0.1, 0.15) is 5.75 Å². The van der Waals surface area contributed by atoms with Crippen LogP contribution in [0.15, 0.2) is 18.2 Å². The quantitative estimate of drug-likeness (QED) is 0.858. The molecular formula is C10H13F3O3. The van der Waals surface area contributed by atoms with Crippen LogP contribution in [0, 0.1) is 0 Å². The van der Waals surface area contributed by atoms with Crippen molar-refractivity contribution in [2.45, 2.75) is 20.2 Å². The van der Waals surface area contributed by atoms with Gasteiger partial charge in [-0.1, -0.05) is 13.8 Å². The van der Waals surface area contributed by atoms with Gasteiger partial charge in [-0.15, -0.1) is 13.2 Å². The minimum Gasteiger partial charge on any atom is -0.504 e. The fourth-order valence-corrected chi connectivity index (χ4v) is 0.855. The predicted octanol–water partition coefficient (Wildman–Crippen LogP) is 3.33. The third-order valence-electron chi connectivity index (χ3n) is 1.38. The number of hydrogen-bond donors (Lipinski definition) is 1. The smallest absolute Gasteiger partial charge is 0.504 e. The number of phenolic OH excluding ortho intramolecular Hbond substituents is 1. The van der Waals surface area contributed by atoms with E-state index in [1.165, 1.54) is 7.11 Å². The Morgan fingerprint density at radius 2 is 1.75 bits per heavy atom. The van der Waals surface area contributed by atoms with Gasteiger partial charge in [0.2, 0.25) is 0 Å². The molecule has 1 N–H and O–H groups in total. The zero-order valence-corrected chi connectivity index (χ0v) is 9.13. The molecule has 16 heavy (non-hydrogen) atoms. The Kier molecular flexibility index (Phi) is 5.49. The summed E-state index contributed by atoms with van der Waals surface area (Å²) in [5.41, 5.74) is 0. The summed E-state index contributed by atoms with van der Waals surface area (Å²) >= 11 is 0. The molecule has 0 saturated carbocycles. The molecule has 6 heteroatoms. The van der Waals surface area contributed by atoms with Gasteiger partial charge in [-0.05, 0) is 12.1 Å². The van der Waals surface area contributed by atoms with Gasteiger partial charge in [0.25, 0.3) is 0 Å². The van der Waals surface area contributed by atoms with Crippen molar-refractivity contribution >= 4 is 0 Å². The highest BCUT2D eigenvalue weighted by molar-refractivity contribution is 5.44. The number of hydrogen-bond acceptors (Lipinski definition) is 3. The van der Waals surface area contributed by atoms with E-state index in [2.05, 4.69) is 9.47 Å². The maximum absolute atomic E-state index is 11.8. The molecule has 0 atom stereocenters. The molecular weight excluding hydrogens is 225 g/mol. The summed E-state index contributed by atoms with van der Waals surface area (Å²) in [5, 5.41) is 9.07. The average Bonchev–Trinajstić information content (AvgIpc) is 2.22. The van der Waals surface area contributed by atoms with Crippen LogP contribution in [0.25, 0.3) is 0 Å². The van der Waals surface area contributed by atoms with E-state index in [0.717, 1.165) is 18.2 Å². The van der Waals surface area contributed by atoms with Crippen molar-refractivity contribution in [2.24, 2.45) is 0 Å². The van der Waals surface area contributed by atoms with Gasteiger partial charge in [-0.3, -0.25) is 0 Å². The molecule has 0 fully saturated rings. The van der Waals surface area contributed by atoms with Gasteiger partial charge in [0.15, 0.2) is 11.5 Å². The van der Waals surface area contributed by atoms with Gasteiger partial charge < -0.3 is 14.6 Å². The summed E-state index contributed by atoms with van der Waals surface area (Å²) in [6.07, 6.45) is -4.75. The highest BCUT2D eigenvalue weighted by atomic mass is 19.4. The lowest BCUT2D eigenvalue weighted by Crippen LogP contribution is -2.17. The number of phenols is 1. The molecule has 1 rings (SSSR count). The first-order valence-electron chi connectivity index (χ1n) is 4.55. The Hall–Kier alpha value is -1.59. The fraction of sp³-hybridized carbons (Fsp3) is 0.400. The van der Waals surface area contributed by atoms with Crippen molar-refractivity contribution in [1.82, 2.24) is 0 Å². The summed E-state index contributed by atoms with van der Waals surface area (Å²) in [4.78, 5) is 0. The third kappa shape index (κ3) is 4.77. The Morgan fingerprint density at radius 3 is 2.19 bits per heavy atom. The number of benzene rings is 1. The van der Waals surface area contributed by atoms with Crippen LogP contribution in [0.2, 0.25) is 0 Å². The van der Waals surface area contributed by atoms with E-state index in [1.54, 1.807) is 0 Å². The van der Waals surface area contributed by atoms with Crippen molar-refractivity contribution in [3.63, 3.8) is 0 Å². The molecule has 0 aromatic heterocycles. The van der Waals surface area contributed by atoms with Gasteiger partial charge in [-0.25, -0.2) is 0 Å². The molecule has 0 aliphatic carbocycles. The molecule has 0 spiro atoms. The minimum atomic E-state index is -4.75. The summed E-state index contributed by atoms with van der Waals surface area (Å²) in [5.74, 6) is -0.763. The molecule has 1 aromatic carbocycles. The molecule has 0 amide bonds. The third-order valence-corrected chi connectivity index (χ3v) is 1.38. The summed E-state index contributed by atoms with van der Waals surface area (Å²) in [7, 11) is 1.23. The van der Waals surface area contributed by atoms with Crippen molar-refractivity contribution in [3.05, 3.63) is 18.2 Å². The lowest BCUT2D eigenvalue weighted by molar-refractivity contribution is -0.274. The highest BCUT2D eigenvalue weighted by Gasteiger charge is 2.31. The Bertz CT molecular complexity index is 324. The van der Waals surface area contributed by atoms with Crippen LogP contribution >= 0.6 is 0 Å². The first kappa shape index (κ1) is 14.4. The molecule has 0 aliphatic rings. The maximum Gasteiger partial charge on any atom is 0.573 e. The molecule has 0 aliphatic heterocycles. The van der Waals surface area contributed by atoms with Gasteiger partial charge in [-0.2, -0.15) is 0 Å². The summed E-state index contributed by atoms with van der Waals surface area (Å²) < 4.78 is 43.5. The van der Waals surface area contributed by atoms with E-state index in [1.807, 2.05) is 13.8 Å². The van der Waals surface area contributed by atoms with E-state index in [9.17, 15) is 13.2 Å². The number of ether oxygens (including phenoxy) is 2. The topological polar surface area (TPSA) is 38.7 Å². The Labute approximate surface area is 91.4 Å². The maximum atomic E-state index is 11.8. The second-order valence-corrected chi connectivity index (χ2v) is 2.38. The van der Waals surface area contributed by atoms with E-state index in [4.69, 9.17) is 5.11 Å². The number of rotatable bonds is 2. The van der Waals surface area contributed by atoms with Crippen LogP contribution in [0.5, 0.6) is 17.2 Å². The molecule has 0 radical (unpaired) electrons. The van der Waals surface area contributed by atoms with Crippen molar-refractivity contribution in [2.75, 3.05) is 7.11 Å². The van der Waals surface area contributed by atoms with Crippen molar-refractivity contribution in [3.8, 4) is 17.2 Å². The van der Waals surface area contributed by atoms with Gasteiger partial charge in [0.05, 0.1) is 7.11 Å². The molecule has 0 bridgehead atoms. The Morgan fingerprint density at radius 1 is 1.19 bits per heavy atom. The Balaban J connectivity index is 0.00000106. The zero-order valence-electron chi connectivity index (χ0n) is 9.13. The van der Waals surface area contributed by atoms with Gasteiger partial charge >= 0.3 is 6.36 Å². The van der Waals surface area contributed by atoms with Crippen LogP contribution in [0.4, 0.5) is 13.2 Å². The lowest BCUT2D eigenvalue weighted by Gasteiger charge is -2.10. The van der Waals surface area contributed by atoms with E-state index < -0.39 is 12.1 Å². The molecule has 3 nitrogen and oxygen atoms in total. The first-order valence-corrected chi connectivity index (χ1v) is 4.55. The monoisotopic (exact) mass is 238 g/mol. The molecule has 0 saturated heterocycles. The average molecular weight is 238 g/mol. The van der Waals surface area contributed by atoms with Crippen LogP contribution < -0.4 is 9.47 Å². The number of aromatic hydroxyl groups is 1. The number of alkyl halides is 3. The van der Waals surface area contributed by atoms with Crippen LogP contribution in [0.3, 0.4) is 0 Å². The number of halogens is 3. The van der Waals surface area contributed by atoms with Crippen LogP contribution in [-0.2, 0) is 0 Å². The van der Waals surface area contributed by atoms with E-state index >= 15 is 0 Å². The summed E-state index contributed by atoms with van der Waals surface area (Å²) in [6.45, 7) is 4.00. The van der Waals surface area contributed by atoms with Crippen LogP contribution in [0.1, 0.15) is 13.8 Å². The fourth-order valence-electron chi connectivity index (χ4n) is 0.855. The zero-order chi connectivity index (χ0) is 12.8. The normalized spacial score (nSPS) is 10.1. The largest absolute Gasteiger partial charge is 0.573 e. The molecule has 0 heterocycles. The minimum absolute atomic E-state index is 0.0771. The van der Waals surface area contributed by atoms with E-state index in [0.29, 0.717) is 0 Å². The van der Waals surface area contributed by atoms with Crippen molar-refractivity contribution in [1.29, 1.82) is 0 Å². The lowest BCUT2D eigenvalue weighted by atomic mass is 10.3. The SMILES string of the molecule is CC.COc1cc(OC(F)(F)F)ccc1O. The highest BCUT2D eigenvalue weighted by Crippen LogP contribution is 2.32. The summed E-state index contributed by atoms with van der Waals surface area (Å²) in [6, 6.07) is 2.99. The predicted molar refractivity (Wildman–Crippen MR) is 52.7 cm³/mol. The van der Waals surface area contributed by atoms with Gasteiger partial charge in [0, 0.05) is 6.07 Å². The van der Waals surface area contributed by atoms with Crippen LogP contribution in [-0.4, -0.2) is 18.6 Å². The molecule has 0 unspecified atom stereocenters. The standard InChI is InChI=1S/C8H7F3O3.C2H6/c1-13-7-4-5(2-3-6(7)12)14-8(9,10)11;1-2/h2-4,12H,1H3;1-2H3. The molecule has 1 aromatic rings. The second kappa shape index (κ2) is 6.09. The van der Waals surface area contributed by atoms with Crippen molar-refractivity contribution < 1.29 is 27.8 Å². The number of methoxy groups -OCH3 is 1.